The van der Waals surface area contributed by atoms with Crippen molar-refractivity contribution < 1.29 is 20.1 Å². The lowest BCUT2D eigenvalue weighted by Crippen LogP contribution is -2.45. The fourth-order valence-electron chi connectivity index (χ4n) is 6.54. The van der Waals surface area contributed by atoms with Crippen LogP contribution in [0.2, 0.25) is 0 Å². The second-order valence-corrected chi connectivity index (χ2v) is 15.3. The predicted molar refractivity (Wildman–Crippen MR) is 231 cm³/mol. The Bertz CT molecular complexity index is 907. The SMILES string of the molecule is CCCCC/C=C\C=C/CCCCCCCCCCC(O)CC(=O)NC(CO)C(O)/C=C/CC/C=C/CC/C=C/CCCCCCCCCCCCC. The number of nitrogens with one attached hydrogen (secondary N) is 1. The third-order valence-corrected chi connectivity index (χ3v) is 10.0. The van der Waals surface area contributed by atoms with Crippen LogP contribution in [0.25, 0.3) is 0 Å². The lowest BCUT2D eigenvalue weighted by molar-refractivity contribution is -0.124. The maximum atomic E-state index is 12.4. The molecule has 0 aliphatic rings. The summed E-state index contributed by atoms with van der Waals surface area (Å²) in [5, 5.41) is 33.2. The van der Waals surface area contributed by atoms with Crippen molar-refractivity contribution in [1.82, 2.24) is 5.32 Å². The topological polar surface area (TPSA) is 89.8 Å². The van der Waals surface area contributed by atoms with Gasteiger partial charge in [0.25, 0.3) is 0 Å². The summed E-state index contributed by atoms with van der Waals surface area (Å²) in [6.07, 6.45) is 56.5. The van der Waals surface area contributed by atoms with Crippen LogP contribution in [-0.4, -0.2) is 46.1 Å². The van der Waals surface area contributed by atoms with E-state index in [0.717, 1.165) is 44.9 Å². The first kappa shape index (κ1) is 51.0. The molecule has 0 bridgehead atoms. The molecule has 1 amide bonds. The molecule has 0 aromatic carbocycles. The summed E-state index contributed by atoms with van der Waals surface area (Å²) in [7, 11) is 0. The van der Waals surface area contributed by atoms with E-state index in [-0.39, 0.29) is 18.9 Å². The summed E-state index contributed by atoms with van der Waals surface area (Å²) in [5.74, 6) is -0.336. The molecule has 0 aliphatic carbocycles. The minimum Gasteiger partial charge on any atom is -0.394 e. The smallest absolute Gasteiger partial charge is 0.222 e. The lowest BCUT2D eigenvalue weighted by atomic mass is 10.0. The lowest BCUT2D eigenvalue weighted by Gasteiger charge is -2.21. The van der Waals surface area contributed by atoms with E-state index in [2.05, 4.69) is 67.8 Å². The van der Waals surface area contributed by atoms with Crippen molar-refractivity contribution in [1.29, 1.82) is 0 Å². The van der Waals surface area contributed by atoms with Gasteiger partial charge in [-0.1, -0.05) is 197 Å². The van der Waals surface area contributed by atoms with E-state index < -0.39 is 18.2 Å². The molecule has 0 saturated carbocycles. The molecule has 5 heteroatoms. The maximum Gasteiger partial charge on any atom is 0.222 e. The molecule has 3 atom stereocenters. The van der Waals surface area contributed by atoms with Crippen LogP contribution >= 0.6 is 0 Å². The third-order valence-electron chi connectivity index (χ3n) is 10.0. The van der Waals surface area contributed by atoms with Gasteiger partial charge in [0.1, 0.15) is 0 Å². The van der Waals surface area contributed by atoms with E-state index in [1.807, 2.05) is 6.08 Å². The Morgan fingerprint density at radius 1 is 0.491 bits per heavy atom. The summed E-state index contributed by atoms with van der Waals surface area (Å²) < 4.78 is 0. The van der Waals surface area contributed by atoms with Crippen LogP contribution in [0, 0.1) is 0 Å². The van der Waals surface area contributed by atoms with Gasteiger partial charge in [0.15, 0.2) is 0 Å². The van der Waals surface area contributed by atoms with E-state index in [1.54, 1.807) is 6.08 Å². The second-order valence-electron chi connectivity index (χ2n) is 15.3. The zero-order valence-corrected chi connectivity index (χ0v) is 34.9. The molecular weight excluding hydrogens is 655 g/mol. The highest BCUT2D eigenvalue weighted by atomic mass is 16.3. The van der Waals surface area contributed by atoms with Crippen molar-refractivity contribution in [3.05, 3.63) is 60.8 Å². The first-order valence-electron chi connectivity index (χ1n) is 22.6. The number of hydrogen-bond acceptors (Lipinski definition) is 4. The van der Waals surface area contributed by atoms with Crippen LogP contribution in [0.3, 0.4) is 0 Å². The first-order valence-corrected chi connectivity index (χ1v) is 22.6. The number of hydrogen-bond donors (Lipinski definition) is 4. The third kappa shape index (κ3) is 39.6. The Hall–Kier alpha value is -1.95. The Morgan fingerprint density at radius 3 is 1.36 bits per heavy atom. The van der Waals surface area contributed by atoms with Gasteiger partial charge in [-0.05, 0) is 70.6 Å². The minimum absolute atomic E-state index is 0.00459. The molecule has 4 N–H and O–H groups in total. The van der Waals surface area contributed by atoms with Crippen LogP contribution in [0.5, 0.6) is 0 Å². The van der Waals surface area contributed by atoms with Gasteiger partial charge < -0.3 is 20.6 Å². The number of aliphatic hydroxyl groups is 3. The highest BCUT2D eigenvalue weighted by Gasteiger charge is 2.20. The standard InChI is InChI=1S/C48H87NO4/c1-3-5-7-9-11-13-15-17-19-21-22-23-24-26-28-30-32-34-36-38-40-42-47(52)46(44-50)49-48(53)43-45(51)41-39-37-35-33-31-29-27-25-20-18-16-14-12-10-8-6-4-2/h12,14,16,18,24,26,32,34,40,42,45-47,50-52H,3-11,13,15,17,19-23,25,27-31,33,35-39,41,43-44H2,1-2H3,(H,49,53)/b14-12-,18-16-,26-24+,34-32+,42-40+. The summed E-state index contributed by atoms with van der Waals surface area (Å²) in [6, 6.07) is -0.772. The minimum atomic E-state index is -0.964. The molecule has 0 aromatic heterocycles. The van der Waals surface area contributed by atoms with Crippen LogP contribution in [0.15, 0.2) is 60.8 Å². The molecule has 0 saturated heterocycles. The van der Waals surface area contributed by atoms with Gasteiger partial charge in [-0.3, -0.25) is 4.79 Å². The molecule has 0 radical (unpaired) electrons. The number of carbonyl (C=O) groups is 1. The summed E-state index contributed by atoms with van der Waals surface area (Å²) >= 11 is 0. The summed E-state index contributed by atoms with van der Waals surface area (Å²) in [6.45, 7) is 4.16. The van der Waals surface area contributed by atoms with Gasteiger partial charge in [0.05, 0.1) is 31.3 Å². The van der Waals surface area contributed by atoms with Gasteiger partial charge in [0, 0.05) is 0 Å². The molecule has 0 aromatic rings. The first-order chi connectivity index (χ1) is 26.0. The normalized spacial score (nSPS) is 14.1. The molecule has 0 spiro atoms. The number of unbranched alkanes of at least 4 members (excludes halogenated alkanes) is 24. The van der Waals surface area contributed by atoms with Gasteiger partial charge in [-0.15, -0.1) is 0 Å². The van der Waals surface area contributed by atoms with Crippen LogP contribution in [-0.2, 0) is 4.79 Å². The quantitative estimate of drug-likeness (QED) is 0.0286. The van der Waals surface area contributed by atoms with E-state index in [9.17, 15) is 20.1 Å². The number of rotatable bonds is 40. The molecular formula is C48H87NO4. The van der Waals surface area contributed by atoms with Gasteiger partial charge >= 0.3 is 0 Å². The number of amides is 1. The molecule has 0 aliphatic heterocycles. The van der Waals surface area contributed by atoms with Crippen LogP contribution in [0.1, 0.15) is 213 Å². The van der Waals surface area contributed by atoms with Gasteiger partial charge in [-0.2, -0.15) is 0 Å². The van der Waals surface area contributed by atoms with E-state index >= 15 is 0 Å². The zero-order valence-electron chi connectivity index (χ0n) is 34.9. The molecule has 3 unspecified atom stereocenters. The monoisotopic (exact) mass is 742 g/mol. The average Bonchev–Trinajstić information content (AvgIpc) is 3.15. The Kier molecular flexibility index (Phi) is 41.2. The number of aliphatic hydroxyl groups excluding tert-OH is 3. The second kappa shape index (κ2) is 42.8. The molecule has 5 nitrogen and oxygen atoms in total. The highest BCUT2D eigenvalue weighted by molar-refractivity contribution is 5.76. The molecule has 0 heterocycles. The van der Waals surface area contributed by atoms with E-state index in [1.165, 1.54) is 141 Å². The average molecular weight is 742 g/mol. The largest absolute Gasteiger partial charge is 0.394 e. The van der Waals surface area contributed by atoms with E-state index in [0.29, 0.717) is 6.42 Å². The maximum absolute atomic E-state index is 12.4. The fraction of sp³-hybridized carbons (Fsp3) is 0.771. The molecule has 0 rings (SSSR count). The van der Waals surface area contributed by atoms with Crippen LogP contribution < -0.4 is 5.32 Å². The molecule has 308 valence electrons. The Morgan fingerprint density at radius 2 is 0.868 bits per heavy atom. The highest BCUT2D eigenvalue weighted by Crippen LogP contribution is 2.14. The predicted octanol–water partition coefficient (Wildman–Crippen LogP) is 13.1. The van der Waals surface area contributed by atoms with Crippen molar-refractivity contribution in [2.75, 3.05) is 6.61 Å². The molecule has 0 fully saturated rings. The fourth-order valence-corrected chi connectivity index (χ4v) is 6.54. The summed E-state index contributed by atoms with van der Waals surface area (Å²) in [5.41, 5.74) is 0. The van der Waals surface area contributed by atoms with Crippen molar-refractivity contribution >= 4 is 5.91 Å². The number of allylic oxidation sites excluding steroid dienone is 9. The van der Waals surface area contributed by atoms with Crippen LogP contribution in [0.4, 0.5) is 0 Å². The Labute approximate surface area is 329 Å². The molecule has 53 heavy (non-hydrogen) atoms. The van der Waals surface area contributed by atoms with E-state index in [4.69, 9.17) is 0 Å². The Balaban J connectivity index is 3.76. The van der Waals surface area contributed by atoms with Crippen molar-refractivity contribution in [2.45, 2.75) is 231 Å². The zero-order chi connectivity index (χ0) is 38.7. The van der Waals surface area contributed by atoms with Gasteiger partial charge in [0.2, 0.25) is 5.91 Å². The summed E-state index contributed by atoms with van der Waals surface area (Å²) in [4.78, 5) is 12.4. The number of carbonyl (C=O) groups excluding carboxylic acids is 1. The van der Waals surface area contributed by atoms with Gasteiger partial charge in [-0.25, -0.2) is 0 Å². The van der Waals surface area contributed by atoms with Crippen molar-refractivity contribution in [2.24, 2.45) is 0 Å². The van der Waals surface area contributed by atoms with Crippen molar-refractivity contribution in [3.63, 3.8) is 0 Å². The van der Waals surface area contributed by atoms with Crippen molar-refractivity contribution in [3.8, 4) is 0 Å².